The van der Waals surface area contributed by atoms with Gasteiger partial charge in [0.05, 0.1) is 5.92 Å². The zero-order valence-electron chi connectivity index (χ0n) is 8.64. The third-order valence-electron chi connectivity index (χ3n) is 2.06. The fraction of sp³-hybridized carbons (Fsp3) is 0.200. The van der Waals surface area contributed by atoms with Gasteiger partial charge in [-0.2, -0.15) is 0 Å². The number of halogens is 1. The summed E-state index contributed by atoms with van der Waals surface area (Å²) in [5.74, 6) is -1.75. The lowest BCUT2D eigenvalue weighted by Crippen LogP contribution is -2.32. The number of rotatable bonds is 3. The number of carbonyl (C=O) groups is 1. The Morgan fingerprint density at radius 2 is 2.06 bits per heavy atom. The second kappa shape index (κ2) is 5.11. The topological polar surface area (TPSA) is 87.7 Å². The van der Waals surface area contributed by atoms with Crippen LogP contribution in [0.1, 0.15) is 6.92 Å². The fourth-order valence-corrected chi connectivity index (χ4v) is 1.00. The first-order chi connectivity index (χ1) is 7.54. The Morgan fingerprint density at radius 1 is 1.50 bits per heavy atom. The first-order valence-corrected chi connectivity index (χ1v) is 4.58. The summed E-state index contributed by atoms with van der Waals surface area (Å²) in [5.41, 5.74) is 5.72. The maximum absolute atomic E-state index is 12.6. The molecule has 0 aliphatic carbocycles. The number of nitrogens with two attached hydrogens (primary N) is 1. The summed E-state index contributed by atoms with van der Waals surface area (Å²) < 4.78 is 12.6. The Labute approximate surface area is 91.8 Å². The second-order valence-corrected chi connectivity index (χ2v) is 3.24. The van der Waals surface area contributed by atoms with Gasteiger partial charge in [-0.3, -0.25) is 4.79 Å². The Hall–Kier alpha value is -2.11. The second-order valence-electron chi connectivity index (χ2n) is 3.24. The molecule has 1 atom stereocenters. The van der Waals surface area contributed by atoms with Gasteiger partial charge in [-0.25, -0.2) is 4.39 Å². The van der Waals surface area contributed by atoms with Crippen molar-refractivity contribution in [3.63, 3.8) is 0 Å². The van der Waals surface area contributed by atoms with Crippen molar-refractivity contribution in [1.29, 1.82) is 0 Å². The standard InChI is InChI=1S/C10H12FN3O2/c1-6(9(12)14-16)10(15)13-8-4-2-7(11)3-5-8/h2-6,16H,1H3,(H2,12,14)(H,13,15). The van der Waals surface area contributed by atoms with Gasteiger partial charge in [0, 0.05) is 5.69 Å². The van der Waals surface area contributed by atoms with Gasteiger partial charge in [0.25, 0.3) is 0 Å². The van der Waals surface area contributed by atoms with Crippen molar-refractivity contribution >= 4 is 17.4 Å². The van der Waals surface area contributed by atoms with Gasteiger partial charge in [0.1, 0.15) is 5.82 Å². The number of amidine groups is 1. The lowest BCUT2D eigenvalue weighted by atomic mass is 10.1. The molecule has 1 amide bonds. The van der Waals surface area contributed by atoms with Gasteiger partial charge in [-0.05, 0) is 31.2 Å². The zero-order valence-corrected chi connectivity index (χ0v) is 8.64. The minimum Gasteiger partial charge on any atom is -0.409 e. The van der Waals surface area contributed by atoms with E-state index in [1.165, 1.54) is 31.2 Å². The number of oxime groups is 1. The normalized spacial score (nSPS) is 13.2. The van der Waals surface area contributed by atoms with Crippen molar-refractivity contribution in [3.8, 4) is 0 Å². The molecule has 1 unspecified atom stereocenters. The number of carbonyl (C=O) groups excluding carboxylic acids is 1. The quantitative estimate of drug-likeness (QED) is 0.312. The highest BCUT2D eigenvalue weighted by Gasteiger charge is 2.17. The molecule has 0 aromatic heterocycles. The van der Waals surface area contributed by atoms with Crippen LogP contribution in [0.4, 0.5) is 10.1 Å². The summed E-state index contributed by atoms with van der Waals surface area (Å²) in [4.78, 5) is 11.5. The smallest absolute Gasteiger partial charge is 0.234 e. The van der Waals surface area contributed by atoms with E-state index in [4.69, 9.17) is 10.9 Å². The molecule has 0 spiro atoms. The number of hydrogen-bond acceptors (Lipinski definition) is 3. The van der Waals surface area contributed by atoms with Crippen molar-refractivity contribution in [1.82, 2.24) is 0 Å². The van der Waals surface area contributed by atoms with Gasteiger partial charge in [-0.1, -0.05) is 5.16 Å². The molecule has 1 rings (SSSR count). The van der Waals surface area contributed by atoms with Crippen molar-refractivity contribution in [2.75, 3.05) is 5.32 Å². The van der Waals surface area contributed by atoms with Crippen molar-refractivity contribution < 1.29 is 14.4 Å². The van der Waals surface area contributed by atoms with Crippen LogP contribution in [0.2, 0.25) is 0 Å². The molecule has 86 valence electrons. The van der Waals surface area contributed by atoms with Crippen LogP contribution in [-0.2, 0) is 4.79 Å². The van der Waals surface area contributed by atoms with E-state index < -0.39 is 11.8 Å². The molecule has 0 radical (unpaired) electrons. The SMILES string of the molecule is CC(C(=O)Nc1ccc(F)cc1)C(N)=NO. The summed E-state index contributed by atoms with van der Waals surface area (Å²) in [7, 11) is 0. The molecular weight excluding hydrogens is 213 g/mol. The molecule has 4 N–H and O–H groups in total. The Morgan fingerprint density at radius 3 is 2.56 bits per heavy atom. The molecule has 0 saturated carbocycles. The van der Waals surface area contributed by atoms with Crippen molar-refractivity contribution in [2.24, 2.45) is 16.8 Å². The molecule has 0 fully saturated rings. The van der Waals surface area contributed by atoms with Crippen LogP contribution in [0.5, 0.6) is 0 Å². The van der Waals surface area contributed by atoms with E-state index in [-0.39, 0.29) is 11.7 Å². The van der Waals surface area contributed by atoms with Crippen molar-refractivity contribution in [3.05, 3.63) is 30.1 Å². The predicted octanol–water partition coefficient (Wildman–Crippen LogP) is 1.15. The van der Waals surface area contributed by atoms with Crippen LogP contribution in [0, 0.1) is 11.7 Å². The molecule has 1 aromatic rings. The number of nitrogens with one attached hydrogen (secondary N) is 1. The third kappa shape index (κ3) is 2.94. The summed E-state index contributed by atoms with van der Waals surface area (Å²) in [5, 5.41) is 13.6. The van der Waals surface area contributed by atoms with E-state index in [9.17, 15) is 9.18 Å². The maximum atomic E-state index is 12.6. The Kier molecular flexibility index (Phi) is 3.82. The molecule has 0 aliphatic heterocycles. The zero-order chi connectivity index (χ0) is 12.1. The molecule has 5 nitrogen and oxygen atoms in total. The molecule has 0 heterocycles. The molecule has 16 heavy (non-hydrogen) atoms. The van der Waals surface area contributed by atoms with Gasteiger partial charge >= 0.3 is 0 Å². The van der Waals surface area contributed by atoms with E-state index >= 15 is 0 Å². The van der Waals surface area contributed by atoms with Gasteiger partial charge in [0.15, 0.2) is 5.84 Å². The Bertz CT molecular complexity index is 403. The van der Waals surface area contributed by atoms with Gasteiger partial charge in [-0.15, -0.1) is 0 Å². The summed E-state index contributed by atoms with van der Waals surface area (Å²) >= 11 is 0. The summed E-state index contributed by atoms with van der Waals surface area (Å²) in [6.07, 6.45) is 0. The highest BCUT2D eigenvalue weighted by Crippen LogP contribution is 2.09. The summed E-state index contributed by atoms with van der Waals surface area (Å²) in [6, 6.07) is 5.30. The van der Waals surface area contributed by atoms with E-state index in [1.54, 1.807) is 0 Å². The van der Waals surface area contributed by atoms with Gasteiger partial charge in [0.2, 0.25) is 5.91 Å². The third-order valence-corrected chi connectivity index (χ3v) is 2.06. The number of benzene rings is 1. The minimum atomic E-state index is -0.755. The highest BCUT2D eigenvalue weighted by atomic mass is 19.1. The lowest BCUT2D eigenvalue weighted by molar-refractivity contribution is -0.117. The van der Waals surface area contributed by atoms with Crippen LogP contribution in [-0.4, -0.2) is 17.0 Å². The molecule has 0 bridgehead atoms. The molecule has 1 aromatic carbocycles. The first-order valence-electron chi connectivity index (χ1n) is 4.58. The van der Waals surface area contributed by atoms with Crippen molar-refractivity contribution in [2.45, 2.75) is 6.92 Å². The van der Waals surface area contributed by atoms with E-state index in [0.29, 0.717) is 5.69 Å². The molecule has 0 saturated heterocycles. The average Bonchev–Trinajstić information content (AvgIpc) is 2.30. The number of anilines is 1. The molecule has 6 heteroatoms. The van der Waals surface area contributed by atoms with Gasteiger partial charge < -0.3 is 16.3 Å². The predicted molar refractivity (Wildman–Crippen MR) is 57.6 cm³/mol. The number of nitrogens with zero attached hydrogens (tertiary/aromatic N) is 1. The minimum absolute atomic E-state index is 0.181. The maximum Gasteiger partial charge on any atom is 0.234 e. The van der Waals surface area contributed by atoms with Crippen LogP contribution in [0.3, 0.4) is 0 Å². The monoisotopic (exact) mass is 225 g/mol. The highest BCUT2D eigenvalue weighted by molar-refractivity contribution is 6.07. The number of amides is 1. The average molecular weight is 225 g/mol. The van der Waals surface area contributed by atoms with E-state index in [1.807, 2.05) is 0 Å². The van der Waals surface area contributed by atoms with E-state index in [0.717, 1.165) is 0 Å². The van der Waals surface area contributed by atoms with Crippen LogP contribution in [0.15, 0.2) is 29.4 Å². The Balaban J connectivity index is 2.68. The van der Waals surface area contributed by atoms with Crippen LogP contribution in [0.25, 0.3) is 0 Å². The van der Waals surface area contributed by atoms with E-state index in [2.05, 4.69) is 10.5 Å². The van der Waals surface area contributed by atoms with Crippen LogP contribution < -0.4 is 11.1 Å². The molecular formula is C10H12FN3O2. The first kappa shape index (κ1) is 12.0. The number of hydrogen-bond donors (Lipinski definition) is 3. The summed E-state index contributed by atoms with van der Waals surface area (Å²) in [6.45, 7) is 1.49. The molecule has 0 aliphatic rings. The van der Waals surface area contributed by atoms with Crippen LogP contribution >= 0.6 is 0 Å². The fourth-order valence-electron chi connectivity index (χ4n) is 1.00. The largest absolute Gasteiger partial charge is 0.409 e. The lowest BCUT2D eigenvalue weighted by Gasteiger charge is -2.10.